The number of ether oxygens (including phenoxy) is 1. The lowest BCUT2D eigenvalue weighted by Crippen LogP contribution is -2.44. The van der Waals surface area contributed by atoms with Gasteiger partial charge in [0.15, 0.2) is 0 Å². The summed E-state index contributed by atoms with van der Waals surface area (Å²) in [6.45, 7) is 4.08. The third-order valence-corrected chi connectivity index (χ3v) is 4.71. The van der Waals surface area contributed by atoms with Gasteiger partial charge in [0.1, 0.15) is 12.3 Å². The molecule has 2 amide bonds. The Morgan fingerprint density at radius 1 is 1.19 bits per heavy atom. The first-order valence-corrected chi connectivity index (χ1v) is 8.82. The van der Waals surface area contributed by atoms with Gasteiger partial charge in [0, 0.05) is 19.2 Å². The third-order valence-electron chi connectivity index (χ3n) is 4.71. The molecule has 0 aromatic heterocycles. The average Bonchev–Trinajstić information content (AvgIpc) is 2.65. The molecule has 26 heavy (non-hydrogen) atoms. The number of rotatable bonds is 4. The number of aryl methyl sites for hydroxylation is 2. The Balaban J connectivity index is 1.89. The van der Waals surface area contributed by atoms with Crippen LogP contribution in [-0.2, 0) is 16.0 Å². The number of fused-ring (bicyclic) bond motifs is 1. The summed E-state index contributed by atoms with van der Waals surface area (Å²) in [6.07, 6.45) is 1.90. The molecule has 2 aromatic carbocycles. The Hall–Kier alpha value is -2.82. The van der Waals surface area contributed by atoms with Gasteiger partial charge in [-0.25, -0.2) is 0 Å². The molecule has 0 unspecified atom stereocenters. The van der Waals surface area contributed by atoms with Crippen LogP contribution < -0.4 is 14.5 Å². The lowest BCUT2D eigenvalue weighted by atomic mass is 10.0. The molecule has 0 saturated carbocycles. The summed E-state index contributed by atoms with van der Waals surface area (Å²) in [4.78, 5) is 28.6. The number of methoxy groups -OCH3 is 1. The Kier molecular flexibility index (Phi) is 5.26. The highest BCUT2D eigenvalue weighted by Crippen LogP contribution is 2.31. The minimum absolute atomic E-state index is 0.0104. The van der Waals surface area contributed by atoms with Crippen molar-refractivity contribution in [2.45, 2.75) is 26.7 Å². The van der Waals surface area contributed by atoms with Gasteiger partial charge in [-0.2, -0.15) is 0 Å². The van der Waals surface area contributed by atoms with Crippen LogP contribution in [0.15, 0.2) is 42.5 Å². The van der Waals surface area contributed by atoms with Crippen LogP contribution in [-0.4, -0.2) is 32.0 Å². The van der Waals surface area contributed by atoms with Crippen molar-refractivity contribution in [2.75, 3.05) is 30.0 Å². The molecule has 0 radical (unpaired) electrons. The number of amides is 2. The number of para-hydroxylation sites is 1. The minimum atomic E-state index is -0.187. The maximum Gasteiger partial charge on any atom is 0.247 e. The number of nitrogens with zero attached hydrogens (tertiary/aromatic N) is 2. The molecule has 5 heteroatoms. The zero-order chi connectivity index (χ0) is 18.7. The van der Waals surface area contributed by atoms with E-state index < -0.39 is 0 Å². The maximum atomic E-state index is 13.0. The van der Waals surface area contributed by atoms with Gasteiger partial charge in [-0.1, -0.05) is 24.3 Å². The molecule has 1 aliphatic heterocycles. The molecular weight excluding hydrogens is 328 g/mol. The molecule has 0 saturated heterocycles. The molecule has 0 atom stereocenters. The van der Waals surface area contributed by atoms with Crippen LogP contribution in [0, 0.1) is 6.92 Å². The minimum Gasteiger partial charge on any atom is -0.495 e. The van der Waals surface area contributed by atoms with Crippen molar-refractivity contribution in [1.29, 1.82) is 0 Å². The molecule has 0 N–H and O–H groups in total. The lowest BCUT2D eigenvalue weighted by Gasteiger charge is -2.32. The molecule has 0 spiro atoms. The van der Waals surface area contributed by atoms with Gasteiger partial charge in [0.2, 0.25) is 11.8 Å². The van der Waals surface area contributed by atoms with E-state index in [1.165, 1.54) is 17.4 Å². The largest absolute Gasteiger partial charge is 0.495 e. The summed E-state index contributed by atoms with van der Waals surface area (Å²) in [5.74, 6) is 0.307. The summed E-state index contributed by atoms with van der Waals surface area (Å²) in [6, 6.07) is 13.6. The summed E-state index contributed by atoms with van der Waals surface area (Å²) < 4.78 is 5.40. The topological polar surface area (TPSA) is 49.9 Å². The first kappa shape index (κ1) is 18.0. The fourth-order valence-electron chi connectivity index (χ4n) is 3.39. The Morgan fingerprint density at radius 2 is 1.96 bits per heavy atom. The highest BCUT2D eigenvalue weighted by Gasteiger charge is 2.26. The van der Waals surface area contributed by atoms with Crippen LogP contribution in [0.2, 0.25) is 0 Å². The van der Waals surface area contributed by atoms with E-state index in [9.17, 15) is 9.59 Å². The van der Waals surface area contributed by atoms with Gasteiger partial charge in [-0.05, 0) is 49.1 Å². The molecule has 3 rings (SSSR count). The second-order valence-electron chi connectivity index (χ2n) is 6.56. The molecule has 1 heterocycles. The Labute approximate surface area is 154 Å². The molecule has 0 fully saturated rings. The lowest BCUT2D eigenvalue weighted by molar-refractivity contribution is -0.121. The van der Waals surface area contributed by atoms with Gasteiger partial charge in [-0.15, -0.1) is 0 Å². The quantitative estimate of drug-likeness (QED) is 0.848. The Bertz CT molecular complexity index is 832. The monoisotopic (exact) mass is 352 g/mol. The van der Waals surface area contributed by atoms with Crippen LogP contribution in [0.1, 0.15) is 24.5 Å². The molecule has 0 aliphatic carbocycles. The number of anilines is 2. The van der Waals surface area contributed by atoms with Crippen molar-refractivity contribution in [3.05, 3.63) is 53.6 Å². The third kappa shape index (κ3) is 3.57. The first-order chi connectivity index (χ1) is 12.5. The van der Waals surface area contributed by atoms with Gasteiger partial charge in [0.25, 0.3) is 0 Å². The van der Waals surface area contributed by atoms with E-state index in [-0.39, 0.29) is 18.4 Å². The predicted octanol–water partition coefficient (Wildman–Crippen LogP) is 3.34. The van der Waals surface area contributed by atoms with Gasteiger partial charge in [-0.3, -0.25) is 14.5 Å². The van der Waals surface area contributed by atoms with Crippen LogP contribution in [0.5, 0.6) is 5.75 Å². The van der Waals surface area contributed by atoms with Gasteiger partial charge >= 0.3 is 0 Å². The van der Waals surface area contributed by atoms with Crippen molar-refractivity contribution in [2.24, 2.45) is 0 Å². The highest BCUT2D eigenvalue weighted by atomic mass is 16.5. The van der Waals surface area contributed by atoms with Gasteiger partial charge < -0.3 is 9.64 Å². The average molecular weight is 352 g/mol. The molecule has 1 aliphatic rings. The predicted molar refractivity (Wildman–Crippen MR) is 103 cm³/mol. The summed E-state index contributed by atoms with van der Waals surface area (Å²) >= 11 is 0. The van der Waals surface area contributed by atoms with E-state index in [2.05, 4.69) is 6.07 Å². The highest BCUT2D eigenvalue weighted by molar-refractivity contribution is 6.04. The molecular formula is C21H24N2O3. The fraction of sp³-hybridized carbons (Fsp3) is 0.333. The SMILES string of the molecule is COc1ccc(C)cc1N(CC(=O)N1CCCc2ccccc21)C(C)=O. The number of carbonyl (C=O) groups excluding carboxylic acids is 2. The Morgan fingerprint density at radius 3 is 2.69 bits per heavy atom. The second-order valence-corrected chi connectivity index (χ2v) is 6.56. The van der Waals surface area contributed by atoms with Crippen molar-refractivity contribution >= 4 is 23.2 Å². The van der Waals surface area contributed by atoms with Crippen LogP contribution in [0.25, 0.3) is 0 Å². The number of carbonyl (C=O) groups is 2. The fourth-order valence-corrected chi connectivity index (χ4v) is 3.39. The smallest absolute Gasteiger partial charge is 0.247 e. The van der Waals surface area contributed by atoms with Crippen LogP contribution in [0.3, 0.4) is 0 Å². The van der Waals surface area contributed by atoms with Crippen molar-refractivity contribution in [1.82, 2.24) is 0 Å². The van der Waals surface area contributed by atoms with Crippen LogP contribution in [0.4, 0.5) is 11.4 Å². The first-order valence-electron chi connectivity index (χ1n) is 8.82. The van der Waals surface area contributed by atoms with E-state index in [1.54, 1.807) is 12.0 Å². The van der Waals surface area contributed by atoms with E-state index in [1.807, 2.05) is 43.3 Å². The van der Waals surface area contributed by atoms with Crippen molar-refractivity contribution in [3.8, 4) is 5.75 Å². The summed E-state index contributed by atoms with van der Waals surface area (Å²) in [5.41, 5.74) is 3.75. The van der Waals surface area contributed by atoms with Gasteiger partial charge in [0.05, 0.1) is 12.8 Å². The van der Waals surface area contributed by atoms with Crippen LogP contribution >= 0.6 is 0 Å². The molecule has 0 bridgehead atoms. The van der Waals surface area contributed by atoms with Crippen molar-refractivity contribution < 1.29 is 14.3 Å². The molecule has 136 valence electrons. The summed E-state index contributed by atoms with van der Waals surface area (Å²) in [5, 5.41) is 0. The van der Waals surface area contributed by atoms with E-state index in [0.29, 0.717) is 18.0 Å². The summed E-state index contributed by atoms with van der Waals surface area (Å²) in [7, 11) is 1.56. The number of hydrogen-bond donors (Lipinski definition) is 0. The van der Waals surface area contributed by atoms with E-state index in [0.717, 1.165) is 24.1 Å². The van der Waals surface area contributed by atoms with E-state index >= 15 is 0 Å². The van der Waals surface area contributed by atoms with E-state index in [4.69, 9.17) is 4.74 Å². The number of hydrogen-bond acceptors (Lipinski definition) is 3. The standard InChI is InChI=1S/C21H24N2O3/c1-15-10-11-20(26-3)19(13-15)23(16(2)24)14-21(25)22-12-6-8-17-7-4-5-9-18(17)22/h4-5,7,9-11,13H,6,8,12,14H2,1-3H3. The zero-order valence-electron chi connectivity index (χ0n) is 15.5. The number of benzene rings is 2. The zero-order valence-corrected chi connectivity index (χ0v) is 15.5. The maximum absolute atomic E-state index is 13.0. The molecule has 2 aromatic rings. The molecule has 5 nitrogen and oxygen atoms in total. The van der Waals surface area contributed by atoms with Crippen molar-refractivity contribution in [3.63, 3.8) is 0 Å². The normalized spacial score (nSPS) is 13.1. The second kappa shape index (κ2) is 7.60.